The van der Waals surface area contributed by atoms with Gasteiger partial charge >= 0.3 is 0 Å². The predicted molar refractivity (Wildman–Crippen MR) is 115 cm³/mol. The second kappa shape index (κ2) is 8.36. The van der Waals surface area contributed by atoms with E-state index in [-0.39, 0.29) is 30.4 Å². The molecule has 7 heteroatoms. The molecule has 0 aliphatic carbocycles. The van der Waals surface area contributed by atoms with Crippen LogP contribution in [0.15, 0.2) is 42.7 Å². The molecular weight excluding hydrogens is 392 g/mol. The number of nitrogens with zero attached hydrogens (tertiary/aromatic N) is 4. The van der Waals surface area contributed by atoms with Crippen molar-refractivity contribution in [1.82, 2.24) is 19.6 Å². The van der Waals surface area contributed by atoms with Crippen molar-refractivity contribution < 1.29 is 14.3 Å². The monoisotopic (exact) mass is 422 g/mol. The number of carbonyl (C=O) groups excluding carboxylic acids is 2. The molecule has 164 valence electrons. The van der Waals surface area contributed by atoms with E-state index in [2.05, 4.69) is 22.1 Å². The minimum absolute atomic E-state index is 0.120. The molecule has 7 nitrogen and oxygen atoms in total. The zero-order valence-electron chi connectivity index (χ0n) is 18.0. The molecule has 3 aliphatic heterocycles. The van der Waals surface area contributed by atoms with Gasteiger partial charge in [0, 0.05) is 44.0 Å². The maximum absolute atomic E-state index is 13.0. The minimum Gasteiger partial charge on any atom is -0.497 e. The number of likely N-dealkylation sites (tertiary alicyclic amines) is 1. The van der Waals surface area contributed by atoms with Crippen LogP contribution in [-0.2, 0) is 22.6 Å². The van der Waals surface area contributed by atoms with Crippen molar-refractivity contribution in [3.8, 4) is 5.75 Å². The number of ether oxygens (including phenoxy) is 1. The lowest BCUT2D eigenvalue weighted by Gasteiger charge is -2.56. The molecule has 0 unspecified atom stereocenters. The molecule has 1 aromatic carbocycles. The van der Waals surface area contributed by atoms with Gasteiger partial charge in [-0.25, -0.2) is 0 Å². The van der Waals surface area contributed by atoms with Gasteiger partial charge in [-0.1, -0.05) is 12.1 Å². The fraction of sp³-hybridized carbons (Fsp3) is 0.542. The van der Waals surface area contributed by atoms with Crippen LogP contribution in [-0.4, -0.2) is 63.7 Å². The first kappa shape index (κ1) is 20.1. The Morgan fingerprint density at radius 2 is 2.10 bits per heavy atom. The van der Waals surface area contributed by atoms with E-state index in [1.54, 1.807) is 18.0 Å². The molecule has 4 atom stereocenters. The molecule has 2 aromatic rings. The van der Waals surface area contributed by atoms with Crippen LogP contribution in [0.5, 0.6) is 5.75 Å². The topological polar surface area (TPSA) is 67.7 Å². The lowest BCUT2D eigenvalue weighted by atomic mass is 9.70. The standard InChI is InChI=1S/C24H30N4O3/c1-31-20-6-2-5-17(11-20)12-22-19-13-18(21-7-3-8-23(29)28(21)22)14-26(15-19)24(30)16-27-10-4-9-25-27/h2,4-6,9-11,18-19,21-22H,3,7-8,12-16H2,1H3/t18-,19+,21+,22+/m1/s1. The number of fused-ring (bicyclic) bond motifs is 4. The summed E-state index contributed by atoms with van der Waals surface area (Å²) in [5.74, 6) is 1.91. The summed E-state index contributed by atoms with van der Waals surface area (Å²) >= 11 is 0. The third kappa shape index (κ3) is 3.93. The Bertz CT molecular complexity index is 944. The zero-order chi connectivity index (χ0) is 21.4. The number of aromatic nitrogens is 2. The summed E-state index contributed by atoms with van der Waals surface area (Å²) in [5.41, 5.74) is 1.18. The summed E-state index contributed by atoms with van der Waals surface area (Å²) in [6.07, 6.45) is 8.07. The van der Waals surface area contributed by atoms with E-state index < -0.39 is 0 Å². The molecule has 0 saturated carbocycles. The fourth-order valence-electron chi connectivity index (χ4n) is 5.91. The van der Waals surface area contributed by atoms with E-state index in [0.29, 0.717) is 24.8 Å². The number of hydrogen-bond acceptors (Lipinski definition) is 4. The summed E-state index contributed by atoms with van der Waals surface area (Å²) in [6, 6.07) is 10.4. The number of methoxy groups -OCH3 is 1. The van der Waals surface area contributed by atoms with Crippen LogP contribution >= 0.6 is 0 Å². The van der Waals surface area contributed by atoms with Crippen molar-refractivity contribution in [1.29, 1.82) is 0 Å². The van der Waals surface area contributed by atoms with Gasteiger partial charge in [0.15, 0.2) is 0 Å². The highest BCUT2D eigenvalue weighted by atomic mass is 16.5. The summed E-state index contributed by atoms with van der Waals surface area (Å²) in [7, 11) is 1.68. The summed E-state index contributed by atoms with van der Waals surface area (Å²) in [6.45, 7) is 1.74. The largest absolute Gasteiger partial charge is 0.497 e. The Morgan fingerprint density at radius 1 is 1.23 bits per heavy atom. The lowest BCUT2D eigenvalue weighted by Crippen LogP contribution is -2.66. The van der Waals surface area contributed by atoms with Gasteiger partial charge in [-0.3, -0.25) is 14.3 Å². The van der Waals surface area contributed by atoms with Crippen molar-refractivity contribution in [2.45, 2.75) is 50.7 Å². The van der Waals surface area contributed by atoms with Gasteiger partial charge in [-0.05, 0) is 61.3 Å². The number of hydrogen-bond donors (Lipinski definition) is 0. The Kier molecular flexibility index (Phi) is 5.42. The number of rotatable bonds is 5. The SMILES string of the molecule is COc1cccc(C[C@H]2[C@H]3C[C@H](CN(C(=O)Cn4cccn4)C3)[C@@H]3CCCC(=O)N32)c1. The molecule has 1 aromatic heterocycles. The Balaban J connectivity index is 1.40. The van der Waals surface area contributed by atoms with Gasteiger partial charge in [-0.2, -0.15) is 5.10 Å². The first-order chi connectivity index (χ1) is 15.1. The quantitative estimate of drug-likeness (QED) is 0.742. The Hall–Kier alpha value is -2.83. The maximum atomic E-state index is 13.0. The van der Waals surface area contributed by atoms with Crippen molar-refractivity contribution in [2.24, 2.45) is 11.8 Å². The first-order valence-corrected chi connectivity index (χ1v) is 11.3. The number of benzene rings is 1. The van der Waals surface area contributed by atoms with E-state index in [9.17, 15) is 9.59 Å². The third-order valence-electron chi connectivity index (χ3n) is 7.28. The third-order valence-corrected chi connectivity index (χ3v) is 7.28. The Morgan fingerprint density at radius 3 is 2.90 bits per heavy atom. The molecule has 2 amide bonds. The number of carbonyl (C=O) groups is 2. The highest BCUT2D eigenvalue weighted by molar-refractivity contribution is 5.78. The van der Waals surface area contributed by atoms with Crippen LogP contribution < -0.4 is 4.74 Å². The summed E-state index contributed by atoms with van der Waals surface area (Å²) in [4.78, 5) is 30.3. The maximum Gasteiger partial charge on any atom is 0.244 e. The van der Waals surface area contributed by atoms with Gasteiger partial charge in [0.05, 0.1) is 7.11 Å². The van der Waals surface area contributed by atoms with Crippen LogP contribution in [0, 0.1) is 11.8 Å². The van der Waals surface area contributed by atoms with Crippen molar-refractivity contribution in [2.75, 3.05) is 20.2 Å². The summed E-state index contributed by atoms with van der Waals surface area (Å²) in [5, 5.41) is 4.19. The average molecular weight is 423 g/mol. The molecule has 4 heterocycles. The van der Waals surface area contributed by atoms with Crippen LogP contribution in [0.3, 0.4) is 0 Å². The molecule has 3 saturated heterocycles. The highest BCUT2D eigenvalue weighted by Crippen LogP contribution is 2.42. The predicted octanol–water partition coefficient (Wildman–Crippen LogP) is 2.36. The molecule has 0 radical (unpaired) electrons. The van der Waals surface area contributed by atoms with Gasteiger partial charge in [0.2, 0.25) is 11.8 Å². The van der Waals surface area contributed by atoms with Gasteiger partial charge in [-0.15, -0.1) is 0 Å². The average Bonchev–Trinajstić information content (AvgIpc) is 3.30. The number of piperidine rings is 3. The first-order valence-electron chi connectivity index (χ1n) is 11.3. The van der Waals surface area contributed by atoms with E-state index in [1.807, 2.05) is 29.3 Å². The normalized spacial score (nSPS) is 27.7. The zero-order valence-corrected chi connectivity index (χ0v) is 18.0. The van der Waals surface area contributed by atoms with E-state index in [1.165, 1.54) is 5.56 Å². The molecule has 0 N–H and O–H groups in total. The highest BCUT2D eigenvalue weighted by Gasteiger charge is 2.49. The number of amides is 2. The minimum atomic E-state index is 0.120. The van der Waals surface area contributed by atoms with Gasteiger partial charge in [0.25, 0.3) is 0 Å². The van der Waals surface area contributed by atoms with Crippen molar-refractivity contribution in [3.63, 3.8) is 0 Å². The van der Waals surface area contributed by atoms with Crippen LogP contribution in [0.1, 0.15) is 31.2 Å². The van der Waals surface area contributed by atoms with E-state index in [0.717, 1.165) is 38.0 Å². The van der Waals surface area contributed by atoms with Crippen LogP contribution in [0.2, 0.25) is 0 Å². The van der Waals surface area contributed by atoms with Gasteiger partial charge in [0.1, 0.15) is 12.3 Å². The second-order valence-electron chi connectivity index (χ2n) is 9.14. The lowest BCUT2D eigenvalue weighted by molar-refractivity contribution is -0.156. The van der Waals surface area contributed by atoms with E-state index in [4.69, 9.17) is 4.74 Å². The second-order valence-corrected chi connectivity index (χ2v) is 9.14. The van der Waals surface area contributed by atoms with Crippen molar-refractivity contribution >= 4 is 11.8 Å². The van der Waals surface area contributed by atoms with E-state index >= 15 is 0 Å². The van der Waals surface area contributed by atoms with Crippen molar-refractivity contribution in [3.05, 3.63) is 48.3 Å². The van der Waals surface area contributed by atoms with Gasteiger partial charge < -0.3 is 14.5 Å². The molecule has 0 spiro atoms. The molecular formula is C24H30N4O3. The smallest absolute Gasteiger partial charge is 0.244 e. The molecule has 3 fully saturated rings. The van der Waals surface area contributed by atoms with Crippen LogP contribution in [0.25, 0.3) is 0 Å². The summed E-state index contributed by atoms with van der Waals surface area (Å²) < 4.78 is 7.10. The van der Waals surface area contributed by atoms with Crippen LogP contribution in [0.4, 0.5) is 0 Å². The molecule has 5 rings (SSSR count). The molecule has 31 heavy (non-hydrogen) atoms. The molecule has 2 bridgehead atoms. The molecule has 3 aliphatic rings. The fourth-order valence-corrected chi connectivity index (χ4v) is 5.91. The Labute approximate surface area is 183 Å².